The van der Waals surface area contributed by atoms with E-state index in [9.17, 15) is 23.2 Å². The van der Waals surface area contributed by atoms with Crippen molar-refractivity contribution >= 4 is 17.7 Å². The highest BCUT2D eigenvalue weighted by atomic mass is 19.3. The molecule has 8 heteroatoms. The summed E-state index contributed by atoms with van der Waals surface area (Å²) in [6, 6.07) is 6.56. The van der Waals surface area contributed by atoms with Gasteiger partial charge < -0.3 is 15.1 Å². The summed E-state index contributed by atoms with van der Waals surface area (Å²) in [5.41, 5.74) is -0.310. The lowest BCUT2D eigenvalue weighted by atomic mass is 9.75. The number of nitrogens with zero attached hydrogens (tertiary/aromatic N) is 2. The maximum Gasteiger partial charge on any atom is 0.335 e. The van der Waals surface area contributed by atoms with E-state index in [4.69, 9.17) is 0 Å². The lowest BCUT2D eigenvalue weighted by molar-refractivity contribution is -0.172. The van der Waals surface area contributed by atoms with Crippen molar-refractivity contribution in [1.82, 2.24) is 15.1 Å². The maximum absolute atomic E-state index is 14.2. The van der Waals surface area contributed by atoms with Crippen molar-refractivity contribution < 1.29 is 23.2 Å². The first-order valence-electron chi connectivity index (χ1n) is 8.12. The van der Waals surface area contributed by atoms with Crippen LogP contribution in [-0.4, -0.2) is 60.1 Å². The minimum Gasteiger partial charge on any atom is -0.348 e. The second-order valence-corrected chi connectivity index (χ2v) is 6.80. The van der Waals surface area contributed by atoms with Gasteiger partial charge in [-0.1, -0.05) is 18.7 Å². The van der Waals surface area contributed by atoms with Gasteiger partial charge in [-0.25, -0.2) is 0 Å². The van der Waals surface area contributed by atoms with Crippen molar-refractivity contribution in [2.75, 3.05) is 26.7 Å². The molecule has 1 N–H and O–H groups in total. The SMILES string of the molecule is C=CC(=O)NCc1ccc(C(=O)N2CC3(CN(C)C(=O)C3(F)F)C2)cc1. The molecule has 2 aliphatic heterocycles. The predicted molar refractivity (Wildman–Crippen MR) is 89.4 cm³/mol. The largest absolute Gasteiger partial charge is 0.348 e. The Morgan fingerprint density at radius 2 is 1.85 bits per heavy atom. The fourth-order valence-corrected chi connectivity index (χ4v) is 3.43. The van der Waals surface area contributed by atoms with Crippen LogP contribution in [0.2, 0.25) is 0 Å². The molecule has 0 bridgehead atoms. The molecule has 26 heavy (non-hydrogen) atoms. The topological polar surface area (TPSA) is 69.7 Å². The molecule has 2 heterocycles. The fourth-order valence-electron chi connectivity index (χ4n) is 3.43. The second kappa shape index (κ2) is 6.19. The van der Waals surface area contributed by atoms with E-state index in [0.717, 1.165) is 10.5 Å². The third kappa shape index (κ3) is 2.75. The van der Waals surface area contributed by atoms with E-state index in [0.29, 0.717) is 12.1 Å². The quantitative estimate of drug-likeness (QED) is 0.813. The van der Waals surface area contributed by atoms with E-state index in [1.54, 1.807) is 24.3 Å². The summed E-state index contributed by atoms with van der Waals surface area (Å²) in [7, 11) is 1.35. The molecule has 1 spiro atoms. The Balaban J connectivity index is 1.62. The van der Waals surface area contributed by atoms with Crippen LogP contribution in [0.3, 0.4) is 0 Å². The lowest BCUT2D eigenvalue weighted by Crippen LogP contribution is -2.66. The Hall–Kier alpha value is -2.77. The normalized spacial score (nSPS) is 20.0. The average Bonchev–Trinajstić information content (AvgIpc) is 2.78. The third-order valence-corrected chi connectivity index (χ3v) is 4.95. The van der Waals surface area contributed by atoms with Gasteiger partial charge in [0.05, 0.1) is 5.41 Å². The number of hydrogen-bond acceptors (Lipinski definition) is 3. The predicted octanol–water partition coefficient (Wildman–Crippen LogP) is 1.04. The van der Waals surface area contributed by atoms with Crippen LogP contribution in [0.15, 0.2) is 36.9 Å². The highest BCUT2D eigenvalue weighted by molar-refractivity contribution is 5.96. The van der Waals surface area contributed by atoms with Gasteiger partial charge in [-0.15, -0.1) is 0 Å². The Morgan fingerprint density at radius 3 is 2.35 bits per heavy atom. The average molecular weight is 363 g/mol. The Morgan fingerprint density at radius 1 is 1.23 bits per heavy atom. The van der Waals surface area contributed by atoms with E-state index in [1.165, 1.54) is 18.0 Å². The molecule has 0 radical (unpaired) electrons. The van der Waals surface area contributed by atoms with Crippen LogP contribution in [0.4, 0.5) is 8.78 Å². The second-order valence-electron chi connectivity index (χ2n) is 6.80. The summed E-state index contributed by atoms with van der Waals surface area (Å²) >= 11 is 0. The lowest BCUT2D eigenvalue weighted by Gasteiger charge is -2.49. The molecule has 0 aliphatic carbocycles. The standard InChI is InChI=1S/C18H19F2N3O3/c1-3-14(24)21-8-12-4-6-13(7-5-12)15(25)23-10-17(11-23)9-22(2)16(26)18(17,19)20/h3-7H,1,8-11H2,2H3,(H,21,24). The molecule has 0 aromatic heterocycles. The van der Waals surface area contributed by atoms with Crippen LogP contribution in [0, 0.1) is 5.41 Å². The molecule has 2 saturated heterocycles. The first kappa shape index (κ1) is 18.0. The number of carbonyl (C=O) groups is 3. The summed E-state index contributed by atoms with van der Waals surface area (Å²) in [6.45, 7) is 3.31. The maximum atomic E-state index is 14.2. The van der Waals surface area contributed by atoms with Gasteiger partial charge >= 0.3 is 5.92 Å². The number of halogens is 2. The minimum atomic E-state index is -3.44. The third-order valence-electron chi connectivity index (χ3n) is 4.95. The van der Waals surface area contributed by atoms with E-state index in [-0.39, 0.29) is 31.4 Å². The summed E-state index contributed by atoms with van der Waals surface area (Å²) < 4.78 is 28.4. The van der Waals surface area contributed by atoms with Gasteiger partial charge in [-0.2, -0.15) is 8.78 Å². The number of rotatable bonds is 4. The molecule has 0 saturated carbocycles. The van der Waals surface area contributed by atoms with Crippen LogP contribution in [-0.2, 0) is 16.1 Å². The van der Waals surface area contributed by atoms with E-state index in [2.05, 4.69) is 11.9 Å². The summed E-state index contributed by atoms with van der Waals surface area (Å²) in [5, 5.41) is 2.62. The zero-order chi connectivity index (χ0) is 19.1. The molecule has 2 aliphatic rings. The number of alkyl halides is 2. The van der Waals surface area contributed by atoms with Gasteiger partial charge in [-0.05, 0) is 23.8 Å². The molecule has 1 aromatic carbocycles. The number of benzene rings is 1. The first-order chi connectivity index (χ1) is 12.2. The van der Waals surface area contributed by atoms with Crippen molar-refractivity contribution in [3.05, 3.63) is 48.0 Å². The molecular weight excluding hydrogens is 344 g/mol. The first-order valence-corrected chi connectivity index (χ1v) is 8.12. The summed E-state index contributed by atoms with van der Waals surface area (Å²) in [6.07, 6.45) is 1.17. The molecule has 138 valence electrons. The van der Waals surface area contributed by atoms with Crippen molar-refractivity contribution in [2.24, 2.45) is 5.41 Å². The van der Waals surface area contributed by atoms with Crippen molar-refractivity contribution in [3.8, 4) is 0 Å². The molecule has 1 aromatic rings. The number of amides is 3. The molecular formula is C18H19F2N3O3. The van der Waals surface area contributed by atoms with Gasteiger partial charge in [0, 0.05) is 38.8 Å². The number of carbonyl (C=O) groups excluding carboxylic acids is 3. The zero-order valence-electron chi connectivity index (χ0n) is 14.3. The molecule has 3 rings (SSSR count). The fraction of sp³-hybridized carbons (Fsp3) is 0.389. The van der Waals surface area contributed by atoms with Crippen LogP contribution >= 0.6 is 0 Å². The molecule has 0 atom stereocenters. The molecule has 6 nitrogen and oxygen atoms in total. The summed E-state index contributed by atoms with van der Waals surface area (Å²) in [4.78, 5) is 37.5. The van der Waals surface area contributed by atoms with Crippen LogP contribution in [0.25, 0.3) is 0 Å². The van der Waals surface area contributed by atoms with Crippen LogP contribution in [0.5, 0.6) is 0 Å². The van der Waals surface area contributed by atoms with E-state index in [1.807, 2.05) is 0 Å². The molecule has 3 amide bonds. The van der Waals surface area contributed by atoms with Crippen molar-refractivity contribution in [2.45, 2.75) is 12.5 Å². The van der Waals surface area contributed by atoms with E-state index < -0.39 is 17.2 Å². The Labute approximate surface area is 149 Å². The highest BCUT2D eigenvalue weighted by Crippen LogP contribution is 2.50. The highest BCUT2D eigenvalue weighted by Gasteiger charge is 2.70. The molecule has 2 fully saturated rings. The summed E-state index contributed by atoms with van der Waals surface area (Å²) in [5.74, 6) is -5.27. The zero-order valence-corrected chi connectivity index (χ0v) is 14.3. The van der Waals surface area contributed by atoms with Gasteiger partial charge in [0.2, 0.25) is 5.91 Å². The van der Waals surface area contributed by atoms with Gasteiger partial charge in [0.25, 0.3) is 11.8 Å². The Bertz CT molecular complexity index is 770. The van der Waals surface area contributed by atoms with Crippen LogP contribution < -0.4 is 5.32 Å². The van der Waals surface area contributed by atoms with E-state index >= 15 is 0 Å². The van der Waals surface area contributed by atoms with Gasteiger partial charge in [0.15, 0.2) is 0 Å². The monoisotopic (exact) mass is 363 g/mol. The van der Waals surface area contributed by atoms with Crippen molar-refractivity contribution in [1.29, 1.82) is 0 Å². The molecule has 0 unspecified atom stereocenters. The smallest absolute Gasteiger partial charge is 0.335 e. The van der Waals surface area contributed by atoms with Gasteiger partial charge in [-0.3, -0.25) is 14.4 Å². The van der Waals surface area contributed by atoms with Gasteiger partial charge in [0.1, 0.15) is 0 Å². The minimum absolute atomic E-state index is 0.0510. The number of hydrogen-bond donors (Lipinski definition) is 1. The number of likely N-dealkylation sites (tertiary alicyclic amines) is 2. The Kier molecular flexibility index (Phi) is 4.29. The number of nitrogens with one attached hydrogen (secondary N) is 1. The van der Waals surface area contributed by atoms with Crippen molar-refractivity contribution in [3.63, 3.8) is 0 Å². The van der Waals surface area contributed by atoms with Crippen LogP contribution in [0.1, 0.15) is 15.9 Å².